The second-order valence-electron chi connectivity index (χ2n) is 6.22. The van der Waals surface area contributed by atoms with Gasteiger partial charge in [-0.2, -0.15) is 0 Å². The number of carbonyl (C=O) groups is 1. The Morgan fingerprint density at radius 2 is 2.19 bits per heavy atom. The summed E-state index contributed by atoms with van der Waals surface area (Å²) in [7, 11) is 1.51. The van der Waals surface area contributed by atoms with Gasteiger partial charge in [0.25, 0.3) is 5.91 Å². The van der Waals surface area contributed by atoms with Crippen LogP contribution >= 0.6 is 47.8 Å². The number of anilines is 1. The number of fused-ring (bicyclic) bond motifs is 1. The molecule has 5 nitrogen and oxygen atoms in total. The van der Waals surface area contributed by atoms with Crippen LogP contribution in [0.5, 0.6) is 5.75 Å². The van der Waals surface area contributed by atoms with Gasteiger partial charge < -0.3 is 15.8 Å². The summed E-state index contributed by atoms with van der Waals surface area (Å²) in [6, 6.07) is 5.56. The molecule has 1 unspecified atom stereocenters. The fourth-order valence-electron chi connectivity index (χ4n) is 3.03. The Hall–Kier alpha value is -1.18. The summed E-state index contributed by atoms with van der Waals surface area (Å²) in [5.41, 5.74) is 7.96. The van der Waals surface area contributed by atoms with Crippen LogP contribution in [0.15, 0.2) is 23.6 Å². The van der Waals surface area contributed by atoms with Crippen molar-refractivity contribution in [3.05, 3.63) is 44.6 Å². The zero-order chi connectivity index (χ0) is 18.0. The molecule has 0 radical (unpaired) electrons. The van der Waals surface area contributed by atoms with E-state index >= 15 is 0 Å². The minimum atomic E-state index is -0.209. The molecule has 3 rings (SSSR count). The molecule has 0 fully saturated rings. The van der Waals surface area contributed by atoms with E-state index in [-0.39, 0.29) is 36.8 Å². The molecule has 1 aromatic heterocycles. The van der Waals surface area contributed by atoms with E-state index in [1.54, 1.807) is 12.1 Å². The number of halogens is 3. The van der Waals surface area contributed by atoms with Crippen molar-refractivity contribution in [2.75, 3.05) is 25.9 Å². The molecular formula is C18H24Cl3N3O2S. The Labute approximate surface area is 181 Å². The third-order valence-corrected chi connectivity index (χ3v) is 5.93. The molecule has 27 heavy (non-hydrogen) atoms. The number of hydrogen-bond donors (Lipinski definition) is 2. The molecule has 1 aliphatic rings. The first kappa shape index (κ1) is 23.9. The van der Waals surface area contributed by atoms with Crippen LogP contribution in [0.4, 0.5) is 5.69 Å². The number of rotatable bonds is 5. The molecule has 1 amide bonds. The highest BCUT2D eigenvalue weighted by molar-refractivity contribution is 7.10. The second-order valence-corrected chi connectivity index (χ2v) is 7.63. The van der Waals surface area contributed by atoms with Gasteiger partial charge in [0, 0.05) is 36.6 Å². The van der Waals surface area contributed by atoms with E-state index in [0.29, 0.717) is 28.6 Å². The summed E-state index contributed by atoms with van der Waals surface area (Å²) >= 11 is 7.87. The monoisotopic (exact) mass is 451 g/mol. The van der Waals surface area contributed by atoms with Gasteiger partial charge in [-0.05, 0) is 36.4 Å². The highest BCUT2D eigenvalue weighted by Crippen LogP contribution is 2.29. The van der Waals surface area contributed by atoms with E-state index in [9.17, 15) is 4.79 Å². The van der Waals surface area contributed by atoms with Crippen molar-refractivity contribution >= 4 is 59.3 Å². The van der Waals surface area contributed by atoms with Crippen LogP contribution in [0.3, 0.4) is 0 Å². The molecule has 3 N–H and O–H groups in total. The Kier molecular flexibility index (Phi) is 9.18. The van der Waals surface area contributed by atoms with Crippen LogP contribution < -0.4 is 15.8 Å². The Morgan fingerprint density at radius 3 is 2.89 bits per heavy atom. The van der Waals surface area contributed by atoms with E-state index in [2.05, 4.69) is 28.6 Å². The number of nitrogens with one attached hydrogen (secondary N) is 1. The van der Waals surface area contributed by atoms with Crippen LogP contribution in [0, 0.1) is 0 Å². The number of nitrogens with zero attached hydrogens (tertiary/aromatic N) is 1. The number of benzene rings is 1. The number of carbonyl (C=O) groups excluding carboxylic acids is 1. The maximum absolute atomic E-state index is 12.5. The molecule has 1 aromatic carbocycles. The van der Waals surface area contributed by atoms with Gasteiger partial charge in [0.2, 0.25) is 0 Å². The molecule has 2 heterocycles. The highest BCUT2D eigenvalue weighted by atomic mass is 35.5. The SMILES string of the molecule is COc1cc(N)c(Cl)cc1C(=O)NCC(C)N1CCc2sccc2C1.Cl.Cl. The molecule has 2 aromatic rings. The number of thiophene rings is 1. The summed E-state index contributed by atoms with van der Waals surface area (Å²) in [5.74, 6) is 0.215. The summed E-state index contributed by atoms with van der Waals surface area (Å²) in [4.78, 5) is 16.4. The predicted octanol–water partition coefficient (Wildman–Crippen LogP) is 4.01. The van der Waals surface area contributed by atoms with Crippen molar-refractivity contribution in [2.24, 2.45) is 0 Å². The molecule has 0 bridgehead atoms. The van der Waals surface area contributed by atoms with Crippen LogP contribution in [-0.2, 0) is 13.0 Å². The Morgan fingerprint density at radius 1 is 1.44 bits per heavy atom. The molecular weight excluding hydrogens is 429 g/mol. The van der Waals surface area contributed by atoms with Gasteiger partial charge in [0.1, 0.15) is 5.75 Å². The molecule has 0 saturated carbocycles. The second kappa shape index (κ2) is 10.4. The fraction of sp³-hybridized carbons (Fsp3) is 0.389. The maximum atomic E-state index is 12.5. The van der Waals surface area contributed by atoms with E-state index in [1.807, 2.05) is 11.3 Å². The summed E-state index contributed by atoms with van der Waals surface area (Å²) in [6.45, 7) is 4.64. The minimum absolute atomic E-state index is 0. The first-order valence-corrected chi connectivity index (χ1v) is 9.46. The van der Waals surface area contributed by atoms with Gasteiger partial charge in [-0.3, -0.25) is 9.69 Å². The normalized spacial score (nSPS) is 14.3. The summed E-state index contributed by atoms with van der Waals surface area (Å²) in [6.07, 6.45) is 1.08. The standard InChI is InChI=1S/C18H22ClN3O2S.2ClH/c1-11(22-5-3-17-12(10-22)4-6-25-17)9-21-18(23)13-7-14(19)15(20)8-16(13)24-2;;/h4,6-8,11H,3,5,9-10,20H2,1-2H3,(H,21,23);2*1H. The lowest BCUT2D eigenvalue weighted by molar-refractivity contribution is 0.0929. The quantitative estimate of drug-likeness (QED) is 0.673. The number of amides is 1. The molecule has 0 aliphatic carbocycles. The maximum Gasteiger partial charge on any atom is 0.255 e. The Balaban J connectivity index is 0.00000182. The topological polar surface area (TPSA) is 67.6 Å². The van der Waals surface area contributed by atoms with Gasteiger partial charge in [-0.15, -0.1) is 36.2 Å². The lowest BCUT2D eigenvalue weighted by Gasteiger charge is -2.32. The fourth-order valence-corrected chi connectivity index (χ4v) is 4.08. The van der Waals surface area contributed by atoms with Gasteiger partial charge >= 0.3 is 0 Å². The zero-order valence-electron chi connectivity index (χ0n) is 15.2. The summed E-state index contributed by atoms with van der Waals surface area (Å²) in [5, 5.41) is 5.48. The van der Waals surface area contributed by atoms with E-state index < -0.39 is 0 Å². The first-order valence-electron chi connectivity index (χ1n) is 8.20. The number of nitrogen functional groups attached to an aromatic ring is 1. The minimum Gasteiger partial charge on any atom is -0.496 e. The lowest BCUT2D eigenvalue weighted by atomic mass is 10.1. The molecule has 0 spiro atoms. The lowest BCUT2D eigenvalue weighted by Crippen LogP contribution is -2.44. The molecule has 1 atom stereocenters. The van der Waals surface area contributed by atoms with Crippen molar-refractivity contribution in [2.45, 2.75) is 25.9 Å². The van der Waals surface area contributed by atoms with Gasteiger partial charge in [0.15, 0.2) is 0 Å². The number of hydrogen-bond acceptors (Lipinski definition) is 5. The average Bonchev–Trinajstić information content (AvgIpc) is 3.08. The molecule has 0 saturated heterocycles. The van der Waals surface area contributed by atoms with Crippen molar-refractivity contribution in [1.82, 2.24) is 10.2 Å². The highest BCUT2D eigenvalue weighted by Gasteiger charge is 2.22. The van der Waals surface area contributed by atoms with Crippen LogP contribution in [0.25, 0.3) is 0 Å². The number of methoxy groups -OCH3 is 1. The van der Waals surface area contributed by atoms with Gasteiger partial charge in [-0.1, -0.05) is 11.6 Å². The van der Waals surface area contributed by atoms with Crippen molar-refractivity contribution in [3.8, 4) is 5.75 Å². The van der Waals surface area contributed by atoms with Crippen molar-refractivity contribution in [3.63, 3.8) is 0 Å². The predicted molar refractivity (Wildman–Crippen MR) is 117 cm³/mol. The van der Waals surface area contributed by atoms with Crippen molar-refractivity contribution in [1.29, 1.82) is 0 Å². The number of nitrogens with two attached hydrogens (primary N) is 1. The van der Waals surface area contributed by atoms with Crippen LogP contribution in [0.2, 0.25) is 5.02 Å². The largest absolute Gasteiger partial charge is 0.496 e. The Bertz CT molecular complexity index is 785. The van der Waals surface area contributed by atoms with E-state index in [0.717, 1.165) is 19.5 Å². The van der Waals surface area contributed by atoms with E-state index in [4.69, 9.17) is 22.1 Å². The van der Waals surface area contributed by atoms with Crippen molar-refractivity contribution < 1.29 is 9.53 Å². The third kappa shape index (κ3) is 5.42. The zero-order valence-corrected chi connectivity index (χ0v) is 18.4. The molecule has 150 valence electrons. The number of ether oxygens (including phenoxy) is 1. The smallest absolute Gasteiger partial charge is 0.255 e. The van der Waals surface area contributed by atoms with E-state index in [1.165, 1.54) is 17.6 Å². The van der Waals surface area contributed by atoms with Gasteiger partial charge in [0.05, 0.1) is 23.4 Å². The van der Waals surface area contributed by atoms with Gasteiger partial charge in [-0.25, -0.2) is 0 Å². The molecule has 1 aliphatic heterocycles. The van der Waals surface area contributed by atoms with Crippen LogP contribution in [0.1, 0.15) is 27.7 Å². The third-order valence-electron chi connectivity index (χ3n) is 4.58. The van der Waals surface area contributed by atoms with Crippen LogP contribution in [-0.4, -0.2) is 37.0 Å². The average molecular weight is 453 g/mol. The first-order chi connectivity index (χ1) is 12.0. The molecule has 9 heteroatoms. The summed E-state index contributed by atoms with van der Waals surface area (Å²) < 4.78 is 5.25.